The fourth-order valence-corrected chi connectivity index (χ4v) is 2.29. The van der Waals surface area contributed by atoms with Gasteiger partial charge in [-0.25, -0.2) is 0 Å². The number of hydrogen-bond donors (Lipinski definition) is 2. The van der Waals surface area contributed by atoms with Crippen molar-refractivity contribution in [1.29, 1.82) is 0 Å². The molecule has 100 valence electrons. The van der Waals surface area contributed by atoms with Gasteiger partial charge in [-0.2, -0.15) is 5.10 Å². The Balaban J connectivity index is 1.96. The molecule has 6 nitrogen and oxygen atoms in total. The monoisotopic (exact) mass is 252 g/mol. The Labute approximate surface area is 106 Å². The van der Waals surface area contributed by atoms with Gasteiger partial charge in [-0.1, -0.05) is 0 Å². The second-order valence-electron chi connectivity index (χ2n) is 4.82. The number of amides is 1. The van der Waals surface area contributed by atoms with E-state index in [0.29, 0.717) is 17.3 Å². The number of nitrogens with zero attached hydrogens (tertiary/aromatic N) is 2. The number of hydrogen-bond acceptors (Lipinski definition) is 4. The lowest BCUT2D eigenvalue weighted by atomic mass is 9.93. The number of rotatable bonds is 3. The standard InChI is InChI=1S/C12H20N4O2/c1-8(9-3-5-18-6-4-9)14-12(17)11-10(13)7-16(2)15-11/h7-9H,3-6,13H2,1-2H3,(H,14,17). The number of carbonyl (C=O) groups is 1. The third kappa shape index (κ3) is 2.81. The summed E-state index contributed by atoms with van der Waals surface area (Å²) in [6.07, 6.45) is 3.60. The number of anilines is 1. The molecule has 1 aliphatic rings. The molecule has 3 N–H and O–H groups in total. The van der Waals surface area contributed by atoms with Crippen molar-refractivity contribution in [3.8, 4) is 0 Å². The van der Waals surface area contributed by atoms with Crippen LogP contribution in [0.4, 0.5) is 5.69 Å². The molecule has 0 aromatic carbocycles. The molecule has 1 atom stereocenters. The average Bonchev–Trinajstić information content (AvgIpc) is 2.69. The van der Waals surface area contributed by atoms with Crippen molar-refractivity contribution < 1.29 is 9.53 Å². The van der Waals surface area contributed by atoms with Gasteiger partial charge >= 0.3 is 0 Å². The quantitative estimate of drug-likeness (QED) is 0.823. The van der Waals surface area contributed by atoms with Crippen LogP contribution in [0.2, 0.25) is 0 Å². The third-order valence-corrected chi connectivity index (χ3v) is 3.40. The summed E-state index contributed by atoms with van der Waals surface area (Å²) < 4.78 is 6.86. The molecule has 2 rings (SSSR count). The van der Waals surface area contributed by atoms with Crippen molar-refractivity contribution in [1.82, 2.24) is 15.1 Å². The van der Waals surface area contributed by atoms with E-state index in [-0.39, 0.29) is 11.9 Å². The van der Waals surface area contributed by atoms with Crippen LogP contribution in [0.3, 0.4) is 0 Å². The van der Waals surface area contributed by atoms with Crippen molar-refractivity contribution in [3.63, 3.8) is 0 Å². The van der Waals surface area contributed by atoms with E-state index in [9.17, 15) is 4.79 Å². The third-order valence-electron chi connectivity index (χ3n) is 3.40. The molecule has 0 spiro atoms. The van der Waals surface area contributed by atoms with Crippen LogP contribution in [0.5, 0.6) is 0 Å². The van der Waals surface area contributed by atoms with E-state index in [1.165, 1.54) is 0 Å². The molecule has 2 heterocycles. The second kappa shape index (κ2) is 5.39. The Morgan fingerprint density at radius 2 is 2.28 bits per heavy atom. The summed E-state index contributed by atoms with van der Waals surface area (Å²) in [5, 5.41) is 7.03. The van der Waals surface area contributed by atoms with Gasteiger partial charge in [-0.15, -0.1) is 0 Å². The lowest BCUT2D eigenvalue weighted by Crippen LogP contribution is -2.40. The highest BCUT2D eigenvalue weighted by Crippen LogP contribution is 2.19. The molecule has 0 radical (unpaired) electrons. The zero-order valence-corrected chi connectivity index (χ0v) is 10.8. The molecule has 1 amide bonds. The first-order valence-electron chi connectivity index (χ1n) is 6.25. The Hall–Kier alpha value is -1.56. The number of aromatic nitrogens is 2. The first-order valence-corrected chi connectivity index (χ1v) is 6.25. The Kier molecular flexibility index (Phi) is 3.86. The van der Waals surface area contributed by atoms with Crippen LogP contribution >= 0.6 is 0 Å². The number of nitrogens with two attached hydrogens (primary N) is 1. The normalized spacial score (nSPS) is 18.6. The fourth-order valence-electron chi connectivity index (χ4n) is 2.29. The molecule has 0 saturated carbocycles. The van der Waals surface area contributed by atoms with Crippen molar-refractivity contribution in [2.75, 3.05) is 18.9 Å². The van der Waals surface area contributed by atoms with Gasteiger partial charge in [0.05, 0.1) is 5.69 Å². The van der Waals surface area contributed by atoms with Crippen LogP contribution in [0.15, 0.2) is 6.20 Å². The van der Waals surface area contributed by atoms with Gasteiger partial charge in [0.2, 0.25) is 0 Å². The number of nitrogens with one attached hydrogen (secondary N) is 1. The number of ether oxygens (including phenoxy) is 1. The largest absolute Gasteiger partial charge is 0.396 e. The van der Waals surface area contributed by atoms with Gasteiger partial charge in [0.1, 0.15) is 0 Å². The Bertz CT molecular complexity index is 424. The van der Waals surface area contributed by atoms with Crippen molar-refractivity contribution in [3.05, 3.63) is 11.9 Å². The molecule has 6 heteroatoms. The molecule has 1 aliphatic heterocycles. The van der Waals surface area contributed by atoms with Crippen molar-refractivity contribution in [2.24, 2.45) is 13.0 Å². The van der Waals surface area contributed by atoms with E-state index in [0.717, 1.165) is 26.1 Å². The van der Waals surface area contributed by atoms with Gasteiger partial charge in [0, 0.05) is 32.5 Å². The van der Waals surface area contributed by atoms with Crippen LogP contribution in [-0.2, 0) is 11.8 Å². The van der Waals surface area contributed by atoms with Gasteiger partial charge in [-0.05, 0) is 25.7 Å². The molecule has 18 heavy (non-hydrogen) atoms. The van der Waals surface area contributed by atoms with E-state index >= 15 is 0 Å². The first-order chi connectivity index (χ1) is 8.58. The second-order valence-corrected chi connectivity index (χ2v) is 4.82. The van der Waals surface area contributed by atoms with E-state index in [4.69, 9.17) is 10.5 Å². The number of aryl methyl sites for hydroxylation is 1. The molecular weight excluding hydrogens is 232 g/mol. The van der Waals surface area contributed by atoms with E-state index in [2.05, 4.69) is 10.4 Å². The van der Waals surface area contributed by atoms with Crippen LogP contribution in [0, 0.1) is 5.92 Å². The molecule has 0 aliphatic carbocycles. The highest BCUT2D eigenvalue weighted by molar-refractivity contribution is 5.97. The van der Waals surface area contributed by atoms with E-state index in [1.807, 2.05) is 6.92 Å². The molecular formula is C12H20N4O2. The summed E-state index contributed by atoms with van der Waals surface area (Å²) in [6, 6.07) is 0.114. The summed E-state index contributed by atoms with van der Waals surface area (Å²) in [5.74, 6) is 0.264. The zero-order valence-electron chi connectivity index (χ0n) is 10.8. The Morgan fingerprint density at radius 1 is 1.61 bits per heavy atom. The molecule has 1 fully saturated rings. The number of nitrogen functional groups attached to an aromatic ring is 1. The lowest BCUT2D eigenvalue weighted by molar-refractivity contribution is 0.0537. The fraction of sp³-hybridized carbons (Fsp3) is 0.667. The molecule has 1 unspecified atom stereocenters. The molecule has 1 aromatic rings. The minimum absolute atomic E-state index is 0.114. The zero-order chi connectivity index (χ0) is 13.1. The maximum atomic E-state index is 12.0. The summed E-state index contributed by atoms with van der Waals surface area (Å²) in [7, 11) is 1.75. The molecule has 1 aromatic heterocycles. The van der Waals surface area contributed by atoms with E-state index in [1.54, 1.807) is 17.9 Å². The van der Waals surface area contributed by atoms with Gasteiger partial charge < -0.3 is 15.8 Å². The van der Waals surface area contributed by atoms with Crippen LogP contribution < -0.4 is 11.1 Å². The van der Waals surface area contributed by atoms with Crippen LogP contribution in [-0.4, -0.2) is 34.9 Å². The average molecular weight is 252 g/mol. The van der Waals surface area contributed by atoms with Crippen molar-refractivity contribution in [2.45, 2.75) is 25.8 Å². The van der Waals surface area contributed by atoms with Crippen LogP contribution in [0.25, 0.3) is 0 Å². The SMILES string of the molecule is CC(NC(=O)c1nn(C)cc1N)C1CCOCC1. The summed E-state index contributed by atoms with van der Waals surface area (Å²) in [4.78, 5) is 12.0. The molecule has 1 saturated heterocycles. The van der Waals surface area contributed by atoms with Crippen LogP contribution in [0.1, 0.15) is 30.3 Å². The predicted molar refractivity (Wildman–Crippen MR) is 68.1 cm³/mol. The maximum Gasteiger partial charge on any atom is 0.274 e. The highest BCUT2D eigenvalue weighted by Gasteiger charge is 2.23. The van der Waals surface area contributed by atoms with Gasteiger partial charge in [0.15, 0.2) is 5.69 Å². The topological polar surface area (TPSA) is 82.2 Å². The highest BCUT2D eigenvalue weighted by atomic mass is 16.5. The van der Waals surface area contributed by atoms with E-state index < -0.39 is 0 Å². The first kappa shape index (κ1) is 12.9. The molecule has 0 bridgehead atoms. The smallest absolute Gasteiger partial charge is 0.274 e. The summed E-state index contributed by atoms with van der Waals surface area (Å²) >= 11 is 0. The summed E-state index contributed by atoms with van der Waals surface area (Å²) in [5.41, 5.74) is 6.45. The predicted octanol–water partition coefficient (Wildman–Crippen LogP) is 0.547. The number of carbonyl (C=O) groups excluding carboxylic acids is 1. The van der Waals surface area contributed by atoms with Gasteiger partial charge in [0.25, 0.3) is 5.91 Å². The maximum absolute atomic E-state index is 12.0. The lowest BCUT2D eigenvalue weighted by Gasteiger charge is -2.28. The minimum Gasteiger partial charge on any atom is -0.396 e. The van der Waals surface area contributed by atoms with Crippen molar-refractivity contribution >= 4 is 11.6 Å². The Morgan fingerprint density at radius 3 is 2.83 bits per heavy atom. The van der Waals surface area contributed by atoms with Gasteiger partial charge in [-0.3, -0.25) is 9.48 Å². The minimum atomic E-state index is -0.202. The summed E-state index contributed by atoms with van der Waals surface area (Å²) in [6.45, 7) is 3.57.